The van der Waals surface area contributed by atoms with Crippen LogP contribution in [-0.2, 0) is 6.54 Å². The van der Waals surface area contributed by atoms with E-state index in [2.05, 4.69) is 45.3 Å². The van der Waals surface area contributed by atoms with Crippen molar-refractivity contribution in [2.75, 3.05) is 6.61 Å². The van der Waals surface area contributed by atoms with Gasteiger partial charge in [-0.1, -0.05) is 35.0 Å². The number of aliphatic hydroxyl groups is 1. The van der Waals surface area contributed by atoms with Gasteiger partial charge in [0.2, 0.25) is 0 Å². The summed E-state index contributed by atoms with van der Waals surface area (Å²) in [5.41, 5.74) is 2.16. The van der Waals surface area contributed by atoms with Gasteiger partial charge < -0.3 is 10.4 Å². The molecule has 0 radical (unpaired) electrons. The minimum absolute atomic E-state index is 0.146. The lowest BCUT2D eigenvalue weighted by atomic mass is 10.1. The third-order valence-corrected chi connectivity index (χ3v) is 3.79. The van der Waals surface area contributed by atoms with E-state index in [1.807, 2.05) is 18.3 Å². The predicted molar refractivity (Wildman–Crippen MR) is 77.4 cm³/mol. The molecular formula is C14H17BrN2O. The van der Waals surface area contributed by atoms with Crippen molar-refractivity contribution in [3.05, 3.63) is 40.5 Å². The van der Waals surface area contributed by atoms with Crippen LogP contribution in [0.1, 0.15) is 18.9 Å². The number of aromatic nitrogens is 1. The molecule has 0 fully saturated rings. The molecule has 0 bridgehead atoms. The fraction of sp³-hybridized carbons (Fsp3) is 0.357. The van der Waals surface area contributed by atoms with Crippen molar-refractivity contribution in [3.63, 3.8) is 0 Å². The Bertz CT molecular complexity index is 526. The van der Waals surface area contributed by atoms with Gasteiger partial charge in [0.05, 0.1) is 12.1 Å². The van der Waals surface area contributed by atoms with Crippen LogP contribution in [0, 0.1) is 0 Å². The smallest absolute Gasteiger partial charge is 0.0758 e. The van der Waals surface area contributed by atoms with E-state index in [0.717, 1.165) is 33.9 Å². The number of hydrogen-bond donors (Lipinski definition) is 2. The van der Waals surface area contributed by atoms with Crippen LogP contribution in [0.15, 0.2) is 34.9 Å². The lowest BCUT2D eigenvalue weighted by Gasteiger charge is -2.15. The molecule has 2 N–H and O–H groups in total. The van der Waals surface area contributed by atoms with Crippen LogP contribution >= 0.6 is 15.9 Å². The van der Waals surface area contributed by atoms with Crippen LogP contribution in [0.25, 0.3) is 10.9 Å². The van der Waals surface area contributed by atoms with Crippen molar-refractivity contribution in [1.82, 2.24) is 10.3 Å². The SMILES string of the molecule is CCC(CO)NCc1ccc(Br)c2cccnc12. The van der Waals surface area contributed by atoms with Crippen molar-refractivity contribution < 1.29 is 5.11 Å². The van der Waals surface area contributed by atoms with Gasteiger partial charge in [0.15, 0.2) is 0 Å². The summed E-state index contributed by atoms with van der Waals surface area (Å²) >= 11 is 3.54. The van der Waals surface area contributed by atoms with Crippen molar-refractivity contribution in [2.45, 2.75) is 25.9 Å². The van der Waals surface area contributed by atoms with E-state index in [4.69, 9.17) is 0 Å². The Hall–Kier alpha value is -0.970. The van der Waals surface area contributed by atoms with Crippen LogP contribution < -0.4 is 5.32 Å². The monoisotopic (exact) mass is 308 g/mol. The van der Waals surface area contributed by atoms with Crippen molar-refractivity contribution >= 4 is 26.8 Å². The maximum atomic E-state index is 9.18. The molecule has 0 aliphatic carbocycles. The van der Waals surface area contributed by atoms with Gasteiger partial charge >= 0.3 is 0 Å². The zero-order valence-corrected chi connectivity index (χ0v) is 11.9. The van der Waals surface area contributed by atoms with E-state index in [-0.39, 0.29) is 12.6 Å². The fourth-order valence-corrected chi connectivity index (χ4v) is 2.38. The number of pyridine rings is 1. The number of nitrogens with zero attached hydrogens (tertiary/aromatic N) is 1. The first-order valence-electron chi connectivity index (χ1n) is 6.12. The Labute approximate surface area is 115 Å². The third kappa shape index (κ3) is 2.88. The zero-order chi connectivity index (χ0) is 13.0. The Morgan fingerprint density at radius 2 is 2.22 bits per heavy atom. The molecule has 1 unspecified atom stereocenters. The minimum Gasteiger partial charge on any atom is -0.395 e. The van der Waals surface area contributed by atoms with Gasteiger partial charge in [-0.05, 0) is 24.1 Å². The summed E-state index contributed by atoms with van der Waals surface area (Å²) < 4.78 is 1.06. The molecule has 4 heteroatoms. The first kappa shape index (κ1) is 13.5. The van der Waals surface area contributed by atoms with Crippen LogP contribution in [0.5, 0.6) is 0 Å². The van der Waals surface area contributed by atoms with Crippen molar-refractivity contribution in [2.24, 2.45) is 0 Å². The second kappa shape index (κ2) is 6.27. The molecular weight excluding hydrogens is 292 g/mol. The minimum atomic E-state index is 0.146. The van der Waals surface area contributed by atoms with Crippen LogP contribution in [0.2, 0.25) is 0 Å². The molecule has 0 saturated heterocycles. The van der Waals surface area contributed by atoms with Gasteiger partial charge in [-0.2, -0.15) is 0 Å². The second-order valence-corrected chi connectivity index (χ2v) is 5.13. The maximum absolute atomic E-state index is 9.18. The highest BCUT2D eigenvalue weighted by molar-refractivity contribution is 9.10. The second-order valence-electron chi connectivity index (χ2n) is 4.27. The van der Waals surface area contributed by atoms with Gasteiger partial charge in [-0.3, -0.25) is 4.98 Å². The molecule has 96 valence electrons. The van der Waals surface area contributed by atoms with Gasteiger partial charge in [0, 0.05) is 28.6 Å². The summed E-state index contributed by atoms with van der Waals surface area (Å²) in [6, 6.07) is 8.25. The molecule has 0 aliphatic rings. The predicted octanol–water partition coefficient (Wildman–Crippen LogP) is 2.86. The molecule has 1 aromatic carbocycles. The molecule has 3 nitrogen and oxygen atoms in total. The zero-order valence-electron chi connectivity index (χ0n) is 10.4. The molecule has 0 saturated carbocycles. The van der Waals surface area contributed by atoms with Crippen molar-refractivity contribution in [3.8, 4) is 0 Å². The first-order chi connectivity index (χ1) is 8.76. The van der Waals surface area contributed by atoms with Crippen LogP contribution in [-0.4, -0.2) is 22.7 Å². The Balaban J connectivity index is 2.26. The van der Waals surface area contributed by atoms with Gasteiger partial charge in [-0.15, -0.1) is 0 Å². The number of nitrogens with one attached hydrogen (secondary N) is 1. The highest BCUT2D eigenvalue weighted by atomic mass is 79.9. The van der Waals surface area contributed by atoms with Crippen molar-refractivity contribution in [1.29, 1.82) is 0 Å². The molecule has 2 rings (SSSR count). The van der Waals surface area contributed by atoms with E-state index in [9.17, 15) is 5.11 Å². The largest absolute Gasteiger partial charge is 0.395 e. The molecule has 2 aromatic rings. The average Bonchev–Trinajstić information content (AvgIpc) is 2.42. The molecule has 1 atom stereocenters. The molecule has 18 heavy (non-hydrogen) atoms. The van der Waals surface area contributed by atoms with E-state index in [0.29, 0.717) is 0 Å². The summed E-state index contributed by atoms with van der Waals surface area (Å²) in [7, 11) is 0. The number of fused-ring (bicyclic) bond motifs is 1. The lowest BCUT2D eigenvalue weighted by molar-refractivity contribution is 0.238. The lowest BCUT2D eigenvalue weighted by Crippen LogP contribution is -2.31. The van der Waals surface area contributed by atoms with Crippen LogP contribution in [0.3, 0.4) is 0 Å². The summed E-state index contributed by atoms with van der Waals surface area (Å²) in [6.45, 7) is 2.95. The Morgan fingerprint density at radius 3 is 2.94 bits per heavy atom. The van der Waals surface area contributed by atoms with Crippen LogP contribution in [0.4, 0.5) is 0 Å². The summed E-state index contributed by atoms with van der Waals surface area (Å²) in [6.07, 6.45) is 2.72. The van der Waals surface area contributed by atoms with Gasteiger partial charge in [0.25, 0.3) is 0 Å². The molecule has 1 heterocycles. The topological polar surface area (TPSA) is 45.1 Å². The molecule has 0 aliphatic heterocycles. The molecule has 0 amide bonds. The molecule has 0 spiro atoms. The van der Waals surface area contributed by atoms with Gasteiger partial charge in [-0.25, -0.2) is 0 Å². The Morgan fingerprint density at radius 1 is 1.39 bits per heavy atom. The number of rotatable bonds is 5. The average molecular weight is 309 g/mol. The number of benzene rings is 1. The summed E-state index contributed by atoms with van der Waals surface area (Å²) in [5, 5.41) is 13.6. The third-order valence-electron chi connectivity index (χ3n) is 3.09. The number of hydrogen-bond acceptors (Lipinski definition) is 3. The summed E-state index contributed by atoms with van der Waals surface area (Å²) in [5.74, 6) is 0. The number of aliphatic hydroxyl groups excluding tert-OH is 1. The highest BCUT2D eigenvalue weighted by Crippen LogP contribution is 2.25. The van der Waals surface area contributed by atoms with E-state index in [1.54, 1.807) is 0 Å². The van der Waals surface area contributed by atoms with Gasteiger partial charge in [0.1, 0.15) is 0 Å². The maximum Gasteiger partial charge on any atom is 0.0758 e. The first-order valence-corrected chi connectivity index (χ1v) is 6.92. The Kier molecular flexibility index (Phi) is 4.69. The van der Waals surface area contributed by atoms with E-state index in [1.165, 1.54) is 0 Å². The summed E-state index contributed by atoms with van der Waals surface area (Å²) in [4.78, 5) is 4.44. The fourth-order valence-electron chi connectivity index (χ4n) is 1.93. The number of halogens is 1. The highest BCUT2D eigenvalue weighted by Gasteiger charge is 2.08. The van der Waals surface area contributed by atoms with E-state index < -0.39 is 0 Å². The quantitative estimate of drug-likeness (QED) is 0.893. The standard InChI is InChI=1S/C14H17BrN2O/c1-2-11(9-18)17-8-10-5-6-13(15)12-4-3-7-16-14(10)12/h3-7,11,17-18H,2,8-9H2,1H3. The van der Waals surface area contributed by atoms with E-state index >= 15 is 0 Å². The normalized spacial score (nSPS) is 12.8. The molecule has 1 aromatic heterocycles.